The van der Waals surface area contributed by atoms with Crippen LogP contribution in [0.5, 0.6) is 0 Å². The fourth-order valence-corrected chi connectivity index (χ4v) is 4.24. The summed E-state index contributed by atoms with van der Waals surface area (Å²) in [5.41, 5.74) is 0.724. The summed E-state index contributed by atoms with van der Waals surface area (Å²) in [6, 6.07) is 10.2. The molecule has 2 N–H and O–H groups in total. The molecule has 0 bridgehead atoms. The molecule has 3 aromatic rings. The van der Waals surface area contributed by atoms with Gasteiger partial charge in [0.1, 0.15) is 6.04 Å². The number of carbonyl (C=O) groups is 2. The molecule has 0 aliphatic heterocycles. The Hall–Kier alpha value is -3.15. The van der Waals surface area contributed by atoms with Gasteiger partial charge in [-0.15, -0.1) is 0 Å². The summed E-state index contributed by atoms with van der Waals surface area (Å²) in [5, 5.41) is 12.9. The Balaban J connectivity index is 2.02. The molecule has 186 valence electrons. The summed E-state index contributed by atoms with van der Waals surface area (Å²) in [6.45, 7) is 6.98. The van der Waals surface area contributed by atoms with Crippen LogP contribution >= 0.6 is 22.6 Å². The first kappa shape index (κ1) is 26.5. The summed E-state index contributed by atoms with van der Waals surface area (Å²) < 4.78 is 6.54. The molecule has 1 aromatic heterocycles. The number of likely N-dealkylation sites (N-methyl/N-ethyl adjacent to an activating group) is 1. The van der Waals surface area contributed by atoms with E-state index in [2.05, 4.69) is 32.9 Å². The lowest BCUT2D eigenvalue weighted by molar-refractivity contribution is -0.129. The van der Waals surface area contributed by atoms with Gasteiger partial charge in [-0.1, -0.05) is 12.1 Å². The zero-order valence-corrected chi connectivity index (χ0v) is 22.7. The molecular weight excluding hydrogens is 563 g/mol. The lowest BCUT2D eigenvalue weighted by Gasteiger charge is -2.34. The predicted octanol–water partition coefficient (Wildman–Crippen LogP) is 4.50. The van der Waals surface area contributed by atoms with Crippen molar-refractivity contribution in [2.24, 2.45) is 0 Å². The van der Waals surface area contributed by atoms with Crippen LogP contribution in [0, 0.1) is 10.5 Å². The average molecular weight is 592 g/mol. The smallest absolute Gasteiger partial charge is 0.412 e. The Morgan fingerprint density at radius 2 is 1.77 bits per heavy atom. The van der Waals surface area contributed by atoms with Gasteiger partial charge < -0.3 is 19.7 Å². The van der Waals surface area contributed by atoms with Crippen molar-refractivity contribution in [3.05, 3.63) is 61.5 Å². The van der Waals surface area contributed by atoms with Gasteiger partial charge in [-0.25, -0.2) is 9.59 Å². The van der Waals surface area contributed by atoms with Crippen LogP contribution in [0.25, 0.3) is 10.9 Å². The molecule has 0 saturated heterocycles. The van der Waals surface area contributed by atoms with E-state index in [-0.39, 0.29) is 17.3 Å². The monoisotopic (exact) mass is 592 g/mol. The number of anilines is 2. The van der Waals surface area contributed by atoms with Gasteiger partial charge in [-0.2, -0.15) is 4.98 Å². The first-order chi connectivity index (χ1) is 16.3. The number of benzene rings is 2. The average Bonchev–Trinajstić information content (AvgIpc) is 2.74. The quantitative estimate of drug-likeness (QED) is 0.405. The Morgan fingerprint density at radius 1 is 1.14 bits per heavy atom. The number of aryl methyl sites for hydroxylation is 1. The molecule has 0 saturated carbocycles. The van der Waals surface area contributed by atoms with Crippen molar-refractivity contribution >= 4 is 57.2 Å². The highest BCUT2D eigenvalue weighted by Gasteiger charge is 2.30. The number of halogens is 1. The van der Waals surface area contributed by atoms with E-state index in [0.717, 1.165) is 9.13 Å². The maximum absolute atomic E-state index is 13.0. The highest BCUT2D eigenvalue weighted by molar-refractivity contribution is 14.1. The van der Waals surface area contributed by atoms with Crippen molar-refractivity contribution in [3.63, 3.8) is 0 Å². The van der Waals surface area contributed by atoms with E-state index in [4.69, 9.17) is 4.42 Å². The molecular formula is C25H29IN4O5. The van der Waals surface area contributed by atoms with Gasteiger partial charge in [0.25, 0.3) is 6.01 Å². The lowest BCUT2D eigenvalue weighted by atomic mass is 10.0. The number of carboxylic acid groups (broad SMARTS) is 1. The number of rotatable bonds is 6. The Morgan fingerprint density at radius 3 is 2.31 bits per heavy atom. The van der Waals surface area contributed by atoms with Gasteiger partial charge in [0.05, 0.1) is 16.6 Å². The van der Waals surface area contributed by atoms with E-state index in [0.29, 0.717) is 23.2 Å². The van der Waals surface area contributed by atoms with Gasteiger partial charge in [-0.05, 0) is 85.7 Å². The van der Waals surface area contributed by atoms with Crippen molar-refractivity contribution in [1.29, 1.82) is 0 Å². The van der Waals surface area contributed by atoms with Crippen LogP contribution in [0.4, 0.5) is 16.5 Å². The van der Waals surface area contributed by atoms with Crippen LogP contribution in [0.1, 0.15) is 31.9 Å². The number of hydrogen-bond acceptors (Lipinski definition) is 6. The van der Waals surface area contributed by atoms with E-state index in [1.54, 1.807) is 53.9 Å². The minimum Gasteiger partial charge on any atom is -0.465 e. The van der Waals surface area contributed by atoms with Crippen molar-refractivity contribution < 1.29 is 19.1 Å². The molecule has 1 heterocycles. The third kappa shape index (κ3) is 5.92. The van der Waals surface area contributed by atoms with Crippen LogP contribution in [-0.2, 0) is 11.2 Å². The molecule has 35 heavy (non-hydrogen) atoms. The molecule has 1 unspecified atom stereocenters. The van der Waals surface area contributed by atoms with Gasteiger partial charge in [-0.3, -0.25) is 9.69 Å². The fraction of sp³-hybridized carbons (Fsp3) is 0.360. The number of amides is 2. The maximum atomic E-state index is 13.0. The first-order valence-corrected chi connectivity index (χ1v) is 12.1. The summed E-state index contributed by atoms with van der Waals surface area (Å²) in [5.74, 6) is -0.193. The Labute approximate surface area is 217 Å². The largest absolute Gasteiger partial charge is 0.465 e. The summed E-state index contributed by atoms with van der Waals surface area (Å²) in [6.07, 6.45) is -0.759. The number of nitrogens with one attached hydrogen (secondary N) is 1. The van der Waals surface area contributed by atoms with Gasteiger partial charge in [0, 0.05) is 29.6 Å². The Kier molecular flexibility index (Phi) is 7.73. The Bertz CT molecular complexity index is 1310. The molecule has 1 atom stereocenters. The molecule has 10 heteroatoms. The number of carbonyl (C=O) groups excluding carboxylic acids is 1. The van der Waals surface area contributed by atoms with Crippen molar-refractivity contribution in [3.8, 4) is 0 Å². The third-order valence-corrected chi connectivity index (χ3v) is 6.24. The van der Waals surface area contributed by atoms with E-state index in [1.807, 2.05) is 24.3 Å². The standard InChI is InChI=1S/C25H29IN4O5/c1-14-19(30(24(33)34)25(2,3)4)12-11-17-20(14)22(32)35-23(27-17)28-18(21(31)29(5)6)13-15-7-9-16(26)10-8-15/h7-12,18H,13H2,1-6H3,(H,27,28)(H,33,34). The van der Waals surface area contributed by atoms with Crippen molar-refractivity contribution in [2.75, 3.05) is 24.3 Å². The fourth-order valence-electron chi connectivity index (χ4n) is 3.88. The molecule has 0 fully saturated rings. The van der Waals surface area contributed by atoms with E-state index >= 15 is 0 Å². The zero-order valence-electron chi connectivity index (χ0n) is 20.5. The number of aromatic nitrogens is 1. The van der Waals surface area contributed by atoms with Crippen molar-refractivity contribution in [1.82, 2.24) is 9.88 Å². The molecule has 0 radical (unpaired) electrons. The zero-order chi connectivity index (χ0) is 26.1. The second kappa shape index (κ2) is 10.2. The predicted molar refractivity (Wildman–Crippen MR) is 144 cm³/mol. The van der Waals surface area contributed by atoms with E-state index in [1.165, 1.54) is 9.80 Å². The lowest BCUT2D eigenvalue weighted by Crippen LogP contribution is -2.45. The summed E-state index contributed by atoms with van der Waals surface area (Å²) >= 11 is 2.21. The third-order valence-electron chi connectivity index (χ3n) is 5.52. The SMILES string of the molecule is Cc1c(N(C(=O)O)C(C)(C)C)ccc2nc(NC(Cc3ccc(I)cc3)C(=O)N(C)C)oc(=O)c12. The van der Waals surface area contributed by atoms with Crippen LogP contribution in [-0.4, -0.2) is 52.7 Å². The van der Waals surface area contributed by atoms with E-state index in [9.17, 15) is 19.5 Å². The van der Waals surface area contributed by atoms with Gasteiger partial charge >= 0.3 is 11.7 Å². The number of nitrogens with zero attached hydrogens (tertiary/aromatic N) is 3. The van der Waals surface area contributed by atoms with Gasteiger partial charge in [0.2, 0.25) is 5.91 Å². The summed E-state index contributed by atoms with van der Waals surface area (Å²) in [7, 11) is 3.31. The molecule has 2 amide bonds. The van der Waals surface area contributed by atoms with Gasteiger partial charge in [0.15, 0.2) is 0 Å². The van der Waals surface area contributed by atoms with Crippen LogP contribution < -0.4 is 15.8 Å². The van der Waals surface area contributed by atoms with E-state index < -0.39 is 23.3 Å². The number of fused-ring (bicyclic) bond motifs is 1. The van der Waals surface area contributed by atoms with Crippen molar-refractivity contribution in [2.45, 2.75) is 45.7 Å². The molecule has 9 nitrogen and oxygen atoms in total. The van der Waals surface area contributed by atoms with Crippen LogP contribution in [0.2, 0.25) is 0 Å². The molecule has 0 aliphatic carbocycles. The second-order valence-electron chi connectivity index (χ2n) is 9.46. The highest BCUT2D eigenvalue weighted by atomic mass is 127. The normalized spacial score (nSPS) is 12.3. The number of hydrogen-bond donors (Lipinski definition) is 2. The minimum absolute atomic E-state index is 0.0775. The van der Waals surface area contributed by atoms with Crippen LogP contribution in [0.3, 0.4) is 0 Å². The minimum atomic E-state index is -1.13. The molecule has 0 aliphatic rings. The highest BCUT2D eigenvalue weighted by Crippen LogP contribution is 2.31. The second-order valence-corrected chi connectivity index (χ2v) is 10.7. The first-order valence-electron chi connectivity index (χ1n) is 11.0. The summed E-state index contributed by atoms with van der Waals surface area (Å²) in [4.78, 5) is 44.9. The molecule has 2 aromatic carbocycles. The topological polar surface area (TPSA) is 116 Å². The maximum Gasteiger partial charge on any atom is 0.412 e. The van der Waals surface area contributed by atoms with Crippen LogP contribution in [0.15, 0.2) is 45.6 Å². The molecule has 3 rings (SSSR count). The molecule has 0 spiro atoms.